The Morgan fingerprint density at radius 3 is 2.56 bits per heavy atom. The smallest absolute Gasteiger partial charge is 0.230 e. The van der Waals surface area contributed by atoms with Gasteiger partial charge in [0.1, 0.15) is 9.84 Å². The highest BCUT2D eigenvalue weighted by Gasteiger charge is 2.16. The van der Waals surface area contributed by atoms with Crippen LogP contribution >= 0.6 is 11.8 Å². The summed E-state index contributed by atoms with van der Waals surface area (Å²) in [5.41, 5.74) is 0. The van der Waals surface area contributed by atoms with Crippen LogP contribution in [0.3, 0.4) is 0 Å². The zero-order chi connectivity index (χ0) is 12.0. The number of amides is 1. The zero-order valence-corrected chi connectivity index (χ0v) is 11.2. The van der Waals surface area contributed by atoms with Crippen LogP contribution in [-0.2, 0) is 14.6 Å². The van der Waals surface area contributed by atoms with Gasteiger partial charge in [-0.05, 0) is 12.8 Å². The number of hydrogen-bond acceptors (Lipinski definition) is 4. The lowest BCUT2D eigenvalue weighted by molar-refractivity contribution is -0.119. The van der Waals surface area contributed by atoms with Gasteiger partial charge in [0.15, 0.2) is 0 Å². The van der Waals surface area contributed by atoms with E-state index in [-0.39, 0.29) is 11.7 Å². The Morgan fingerprint density at radius 2 is 2.00 bits per heavy atom. The summed E-state index contributed by atoms with van der Waals surface area (Å²) in [4.78, 5) is 11.4. The minimum absolute atomic E-state index is 0.0328. The van der Waals surface area contributed by atoms with Crippen molar-refractivity contribution in [3.05, 3.63) is 0 Å². The molecule has 0 spiro atoms. The Balaban J connectivity index is 2.06. The first kappa shape index (κ1) is 13.8. The molecule has 1 amide bonds. The third-order valence-corrected chi connectivity index (χ3v) is 4.72. The average molecular weight is 265 g/mol. The van der Waals surface area contributed by atoms with Gasteiger partial charge in [-0.25, -0.2) is 8.42 Å². The van der Waals surface area contributed by atoms with Gasteiger partial charge >= 0.3 is 0 Å². The molecule has 1 aliphatic rings. The standard InChI is InChI=1S/C10H19NO3S2/c1-16(13,14)7-6-15-8-10(12)11-9-4-2-3-5-9/h9H,2-8H2,1H3,(H,11,12). The van der Waals surface area contributed by atoms with Crippen molar-refractivity contribution in [2.24, 2.45) is 0 Å². The number of nitrogens with one attached hydrogen (secondary N) is 1. The fourth-order valence-electron chi connectivity index (χ4n) is 1.71. The van der Waals surface area contributed by atoms with Gasteiger partial charge in [-0.2, -0.15) is 11.8 Å². The Labute approximate surface area is 101 Å². The van der Waals surface area contributed by atoms with Crippen molar-refractivity contribution in [1.29, 1.82) is 0 Å². The van der Waals surface area contributed by atoms with Crippen LogP contribution in [0.1, 0.15) is 25.7 Å². The molecule has 0 heterocycles. The molecule has 1 rings (SSSR count). The van der Waals surface area contributed by atoms with Crippen molar-refractivity contribution in [3.8, 4) is 0 Å². The summed E-state index contributed by atoms with van der Waals surface area (Å²) in [5, 5.41) is 2.97. The van der Waals surface area contributed by atoms with E-state index in [1.54, 1.807) is 0 Å². The summed E-state index contributed by atoms with van der Waals surface area (Å²) < 4.78 is 21.7. The molecule has 1 aliphatic carbocycles. The summed E-state index contributed by atoms with van der Waals surface area (Å²) in [6, 6.07) is 0.350. The van der Waals surface area contributed by atoms with E-state index in [9.17, 15) is 13.2 Å². The van der Waals surface area contributed by atoms with Crippen molar-refractivity contribution in [3.63, 3.8) is 0 Å². The molecule has 0 radical (unpaired) electrons. The topological polar surface area (TPSA) is 63.2 Å². The van der Waals surface area contributed by atoms with Gasteiger partial charge in [0.05, 0.1) is 11.5 Å². The van der Waals surface area contributed by atoms with Gasteiger partial charge in [-0.3, -0.25) is 4.79 Å². The van der Waals surface area contributed by atoms with Crippen molar-refractivity contribution in [2.75, 3.05) is 23.5 Å². The molecule has 1 fully saturated rings. The number of thioether (sulfide) groups is 1. The second-order valence-corrected chi connectivity index (χ2v) is 7.60. The molecule has 1 saturated carbocycles. The highest BCUT2D eigenvalue weighted by atomic mass is 32.2. The molecule has 0 bridgehead atoms. The number of hydrogen-bond donors (Lipinski definition) is 1. The molecular weight excluding hydrogens is 246 g/mol. The van der Waals surface area contributed by atoms with Crippen LogP contribution in [0.25, 0.3) is 0 Å². The first-order chi connectivity index (χ1) is 7.47. The molecule has 1 N–H and O–H groups in total. The maximum Gasteiger partial charge on any atom is 0.230 e. The van der Waals surface area contributed by atoms with Crippen molar-refractivity contribution >= 4 is 27.5 Å². The molecule has 4 nitrogen and oxygen atoms in total. The van der Waals surface area contributed by atoms with Crippen LogP contribution in [0.15, 0.2) is 0 Å². The monoisotopic (exact) mass is 265 g/mol. The van der Waals surface area contributed by atoms with Crippen LogP contribution in [0.2, 0.25) is 0 Å². The molecule has 16 heavy (non-hydrogen) atoms. The zero-order valence-electron chi connectivity index (χ0n) is 9.57. The van der Waals surface area contributed by atoms with Crippen LogP contribution in [0, 0.1) is 0 Å². The Hall–Kier alpha value is -0.230. The minimum Gasteiger partial charge on any atom is -0.353 e. The fourth-order valence-corrected chi connectivity index (χ4v) is 3.81. The lowest BCUT2D eigenvalue weighted by atomic mass is 10.2. The Bertz CT molecular complexity index is 321. The van der Waals surface area contributed by atoms with Crippen LogP contribution in [-0.4, -0.2) is 43.9 Å². The van der Waals surface area contributed by atoms with Crippen molar-refractivity contribution in [1.82, 2.24) is 5.32 Å². The summed E-state index contributed by atoms with van der Waals surface area (Å²) in [7, 11) is -2.90. The Morgan fingerprint density at radius 1 is 1.38 bits per heavy atom. The molecule has 0 aliphatic heterocycles. The molecule has 6 heteroatoms. The van der Waals surface area contributed by atoms with Crippen molar-refractivity contribution < 1.29 is 13.2 Å². The fraction of sp³-hybridized carbons (Fsp3) is 0.900. The van der Waals surface area contributed by atoms with E-state index < -0.39 is 9.84 Å². The maximum absolute atomic E-state index is 11.4. The number of carbonyl (C=O) groups is 1. The van der Waals surface area contributed by atoms with Gasteiger partial charge < -0.3 is 5.32 Å². The molecule has 0 aromatic carbocycles. The maximum atomic E-state index is 11.4. The second-order valence-electron chi connectivity index (χ2n) is 4.23. The van der Waals surface area contributed by atoms with Crippen molar-refractivity contribution in [2.45, 2.75) is 31.7 Å². The highest BCUT2D eigenvalue weighted by molar-refractivity contribution is 8.01. The first-order valence-electron chi connectivity index (χ1n) is 5.52. The van der Waals surface area contributed by atoms with E-state index in [0.717, 1.165) is 12.8 Å². The van der Waals surface area contributed by atoms with Gasteiger partial charge in [0.2, 0.25) is 5.91 Å². The summed E-state index contributed by atoms with van der Waals surface area (Å²) >= 11 is 1.38. The number of rotatable bonds is 6. The molecule has 0 atom stereocenters. The van der Waals surface area contributed by atoms with Gasteiger partial charge in [0.25, 0.3) is 0 Å². The van der Waals surface area contributed by atoms with Crippen LogP contribution in [0.4, 0.5) is 0 Å². The highest BCUT2D eigenvalue weighted by Crippen LogP contribution is 2.17. The molecule has 0 aromatic heterocycles. The second kappa shape index (κ2) is 6.49. The lowest BCUT2D eigenvalue weighted by Crippen LogP contribution is -2.34. The molecular formula is C10H19NO3S2. The molecule has 0 unspecified atom stereocenters. The molecule has 0 aromatic rings. The summed E-state index contributed by atoms with van der Waals surface area (Å²) in [6.07, 6.45) is 5.78. The predicted molar refractivity (Wildman–Crippen MR) is 67.4 cm³/mol. The summed E-state index contributed by atoms with van der Waals surface area (Å²) in [5.74, 6) is 1.04. The third kappa shape index (κ3) is 6.37. The Kier molecular flexibility index (Phi) is 5.61. The van der Waals surface area contributed by atoms with E-state index in [4.69, 9.17) is 0 Å². The van der Waals surface area contributed by atoms with Gasteiger partial charge in [-0.1, -0.05) is 12.8 Å². The number of carbonyl (C=O) groups excluding carboxylic acids is 1. The van der Waals surface area contributed by atoms with E-state index >= 15 is 0 Å². The quantitative estimate of drug-likeness (QED) is 0.722. The molecule has 0 saturated heterocycles. The SMILES string of the molecule is CS(=O)(=O)CCSCC(=O)NC1CCCC1. The minimum atomic E-state index is -2.90. The van der Waals surface area contributed by atoms with E-state index in [1.807, 2.05) is 0 Å². The van der Waals surface area contributed by atoms with E-state index in [2.05, 4.69) is 5.32 Å². The first-order valence-corrected chi connectivity index (χ1v) is 8.74. The van der Waals surface area contributed by atoms with Gasteiger partial charge in [0, 0.05) is 18.1 Å². The molecule has 94 valence electrons. The predicted octanol–water partition coefficient (Wildman–Crippen LogP) is 0.823. The largest absolute Gasteiger partial charge is 0.353 e. The van der Waals surface area contributed by atoms with E-state index in [0.29, 0.717) is 17.5 Å². The average Bonchev–Trinajstić information content (AvgIpc) is 2.63. The summed E-state index contributed by atoms with van der Waals surface area (Å²) in [6.45, 7) is 0. The van der Waals surface area contributed by atoms with Gasteiger partial charge in [-0.15, -0.1) is 0 Å². The van der Waals surface area contributed by atoms with E-state index in [1.165, 1.54) is 30.9 Å². The van der Waals surface area contributed by atoms with Crippen LogP contribution in [0.5, 0.6) is 0 Å². The number of sulfone groups is 1. The van der Waals surface area contributed by atoms with Crippen LogP contribution < -0.4 is 5.32 Å². The normalized spacial score (nSPS) is 17.6. The third-order valence-electron chi connectivity index (χ3n) is 2.55. The lowest BCUT2D eigenvalue weighted by Gasteiger charge is -2.11.